The number of carbonyl (C=O) groups is 1. The van der Waals surface area contributed by atoms with Crippen molar-refractivity contribution in [3.63, 3.8) is 0 Å². The smallest absolute Gasteiger partial charge is 0.226 e. The number of nitrogens with one attached hydrogen (secondary N) is 3. The number of ether oxygens (including phenoxy) is 2. The van der Waals surface area contributed by atoms with Gasteiger partial charge in [-0.1, -0.05) is 17.7 Å². The molecule has 2 unspecified atom stereocenters. The van der Waals surface area contributed by atoms with Crippen LogP contribution in [-0.4, -0.2) is 32.2 Å². The first-order valence-electron chi connectivity index (χ1n) is 9.65. The number of hydrogen-bond acceptors (Lipinski definition) is 5. The molecule has 1 fully saturated rings. The molecule has 1 amide bonds. The van der Waals surface area contributed by atoms with Gasteiger partial charge in [-0.05, 0) is 49.8 Å². The van der Waals surface area contributed by atoms with Gasteiger partial charge in [0.2, 0.25) is 5.91 Å². The van der Waals surface area contributed by atoms with Crippen LogP contribution in [-0.2, 0) is 4.79 Å². The minimum absolute atomic E-state index is 0.0697. The maximum atomic E-state index is 12.7. The van der Waals surface area contributed by atoms with E-state index in [0.717, 1.165) is 30.0 Å². The Morgan fingerprint density at radius 2 is 2.08 bits per heavy atom. The molecule has 2 aliphatic heterocycles. The van der Waals surface area contributed by atoms with E-state index in [1.807, 2.05) is 18.2 Å². The van der Waals surface area contributed by atoms with Crippen molar-refractivity contribution < 1.29 is 14.3 Å². The molecular weight excluding hydrogens is 330 g/mol. The molecule has 26 heavy (non-hydrogen) atoms. The van der Waals surface area contributed by atoms with Crippen LogP contribution in [0.1, 0.15) is 43.7 Å². The van der Waals surface area contributed by atoms with Gasteiger partial charge in [0.15, 0.2) is 11.5 Å². The number of amides is 1. The topological polar surface area (TPSA) is 71.6 Å². The van der Waals surface area contributed by atoms with Crippen LogP contribution in [0, 0.1) is 5.92 Å². The molecule has 0 saturated carbocycles. The lowest BCUT2D eigenvalue weighted by Crippen LogP contribution is -2.35. The number of allylic oxidation sites excluding steroid dienone is 1. The molecule has 0 radical (unpaired) electrons. The highest BCUT2D eigenvalue weighted by molar-refractivity contribution is 5.80. The molecule has 1 aromatic rings. The molecule has 0 bridgehead atoms. The maximum Gasteiger partial charge on any atom is 0.226 e. The fourth-order valence-corrected chi connectivity index (χ4v) is 3.92. The van der Waals surface area contributed by atoms with Crippen molar-refractivity contribution in [3.8, 4) is 11.5 Å². The van der Waals surface area contributed by atoms with Gasteiger partial charge in [-0.25, -0.2) is 5.43 Å². The minimum Gasteiger partial charge on any atom is -0.486 e. The zero-order chi connectivity index (χ0) is 17.8. The van der Waals surface area contributed by atoms with Gasteiger partial charge in [0.05, 0.1) is 12.0 Å². The Labute approximate surface area is 154 Å². The average molecular weight is 357 g/mol. The Morgan fingerprint density at radius 3 is 2.92 bits per heavy atom. The number of carbonyl (C=O) groups excluding carboxylic acids is 1. The van der Waals surface area contributed by atoms with Crippen LogP contribution in [0.2, 0.25) is 0 Å². The molecular formula is C20H27N3O3. The Hall–Kier alpha value is -2.05. The van der Waals surface area contributed by atoms with E-state index in [2.05, 4.69) is 22.2 Å². The third-order valence-electron chi connectivity index (χ3n) is 5.37. The Balaban J connectivity index is 1.36. The van der Waals surface area contributed by atoms with E-state index < -0.39 is 0 Å². The van der Waals surface area contributed by atoms with Crippen LogP contribution in [0.3, 0.4) is 0 Å². The lowest BCUT2D eigenvalue weighted by molar-refractivity contribution is -0.124. The third kappa shape index (κ3) is 3.86. The highest BCUT2D eigenvalue weighted by Crippen LogP contribution is 2.35. The molecule has 1 aromatic carbocycles. The molecule has 2 atom stereocenters. The largest absolute Gasteiger partial charge is 0.486 e. The summed E-state index contributed by atoms with van der Waals surface area (Å²) in [5.74, 6) is 1.48. The van der Waals surface area contributed by atoms with Gasteiger partial charge in [0.1, 0.15) is 13.2 Å². The maximum absolute atomic E-state index is 12.7. The second kappa shape index (κ2) is 8.10. The van der Waals surface area contributed by atoms with E-state index in [-0.39, 0.29) is 17.9 Å². The highest BCUT2D eigenvalue weighted by atomic mass is 16.6. The summed E-state index contributed by atoms with van der Waals surface area (Å²) in [7, 11) is 0. The SMILES string of the molecule is O=C(NCCC1=CCCCC1)C1CNNC1c1ccc2c(c1)OCCO2. The standard InChI is InChI=1S/C20H27N3O3/c24-20(21-9-8-14-4-2-1-3-5-14)16-13-22-23-19(16)15-6-7-17-18(12-15)26-11-10-25-17/h4,6-7,12,16,19,22-23H,1-3,5,8-11,13H2,(H,21,24). The van der Waals surface area contributed by atoms with E-state index in [9.17, 15) is 4.79 Å². The summed E-state index contributed by atoms with van der Waals surface area (Å²) in [5.41, 5.74) is 8.88. The van der Waals surface area contributed by atoms with Gasteiger partial charge in [-0.3, -0.25) is 10.2 Å². The molecule has 6 nitrogen and oxygen atoms in total. The van der Waals surface area contributed by atoms with Gasteiger partial charge >= 0.3 is 0 Å². The fourth-order valence-electron chi connectivity index (χ4n) is 3.92. The number of hydrogen-bond donors (Lipinski definition) is 3. The normalized spacial score (nSPS) is 24.8. The number of hydrazine groups is 1. The molecule has 3 N–H and O–H groups in total. The van der Waals surface area contributed by atoms with Gasteiger partial charge in [-0.15, -0.1) is 0 Å². The summed E-state index contributed by atoms with van der Waals surface area (Å²) >= 11 is 0. The Morgan fingerprint density at radius 1 is 1.19 bits per heavy atom. The second-order valence-electron chi connectivity index (χ2n) is 7.16. The van der Waals surface area contributed by atoms with Crippen LogP contribution in [0.15, 0.2) is 29.8 Å². The van der Waals surface area contributed by atoms with E-state index in [1.54, 1.807) is 0 Å². The van der Waals surface area contributed by atoms with Crippen molar-refractivity contribution in [1.29, 1.82) is 0 Å². The molecule has 0 spiro atoms. The van der Waals surface area contributed by atoms with Gasteiger partial charge in [-0.2, -0.15) is 0 Å². The van der Waals surface area contributed by atoms with Crippen LogP contribution in [0.5, 0.6) is 11.5 Å². The summed E-state index contributed by atoms with van der Waals surface area (Å²) in [4.78, 5) is 12.7. The molecule has 1 aliphatic carbocycles. The summed E-state index contributed by atoms with van der Waals surface area (Å²) in [5, 5.41) is 3.12. The highest BCUT2D eigenvalue weighted by Gasteiger charge is 2.34. The average Bonchev–Trinajstić information content (AvgIpc) is 3.18. The van der Waals surface area contributed by atoms with Crippen molar-refractivity contribution in [2.24, 2.45) is 5.92 Å². The molecule has 1 saturated heterocycles. The summed E-state index contributed by atoms with van der Waals surface area (Å²) in [6.45, 7) is 2.48. The lowest BCUT2D eigenvalue weighted by Gasteiger charge is -2.22. The van der Waals surface area contributed by atoms with E-state index in [4.69, 9.17) is 9.47 Å². The summed E-state index contributed by atoms with van der Waals surface area (Å²) in [6.07, 6.45) is 8.25. The minimum atomic E-state index is -0.141. The van der Waals surface area contributed by atoms with Crippen LogP contribution < -0.4 is 25.6 Å². The van der Waals surface area contributed by atoms with Crippen LogP contribution in [0.25, 0.3) is 0 Å². The van der Waals surface area contributed by atoms with Crippen molar-refractivity contribution in [2.75, 3.05) is 26.3 Å². The second-order valence-corrected chi connectivity index (χ2v) is 7.16. The van der Waals surface area contributed by atoms with Crippen molar-refractivity contribution >= 4 is 5.91 Å². The molecule has 0 aromatic heterocycles. The van der Waals surface area contributed by atoms with Gasteiger partial charge < -0.3 is 14.8 Å². The van der Waals surface area contributed by atoms with E-state index in [1.165, 1.54) is 31.3 Å². The predicted octanol–water partition coefficient (Wildman–Crippen LogP) is 2.23. The molecule has 6 heteroatoms. The predicted molar refractivity (Wildman–Crippen MR) is 99.0 cm³/mol. The molecule has 2 heterocycles. The third-order valence-corrected chi connectivity index (χ3v) is 5.37. The summed E-state index contributed by atoms with van der Waals surface area (Å²) in [6, 6.07) is 5.84. The first-order valence-corrected chi connectivity index (χ1v) is 9.65. The molecule has 3 aliphatic rings. The summed E-state index contributed by atoms with van der Waals surface area (Å²) < 4.78 is 11.3. The fraction of sp³-hybridized carbons (Fsp3) is 0.550. The van der Waals surface area contributed by atoms with E-state index in [0.29, 0.717) is 19.8 Å². The van der Waals surface area contributed by atoms with E-state index >= 15 is 0 Å². The quantitative estimate of drug-likeness (QED) is 0.705. The zero-order valence-electron chi connectivity index (χ0n) is 15.1. The van der Waals surface area contributed by atoms with Gasteiger partial charge in [0.25, 0.3) is 0 Å². The number of fused-ring (bicyclic) bond motifs is 1. The van der Waals surface area contributed by atoms with Gasteiger partial charge in [0, 0.05) is 13.1 Å². The van der Waals surface area contributed by atoms with Crippen molar-refractivity contribution in [1.82, 2.24) is 16.2 Å². The number of rotatable bonds is 5. The monoisotopic (exact) mass is 357 g/mol. The zero-order valence-corrected chi connectivity index (χ0v) is 15.1. The van der Waals surface area contributed by atoms with Crippen LogP contribution in [0.4, 0.5) is 0 Å². The number of benzene rings is 1. The Kier molecular flexibility index (Phi) is 5.41. The first kappa shape index (κ1) is 17.4. The van der Waals surface area contributed by atoms with Crippen molar-refractivity contribution in [3.05, 3.63) is 35.4 Å². The van der Waals surface area contributed by atoms with Crippen LogP contribution >= 0.6 is 0 Å². The van der Waals surface area contributed by atoms with Crippen molar-refractivity contribution in [2.45, 2.75) is 38.1 Å². The molecule has 4 rings (SSSR count). The Bertz CT molecular complexity index is 689. The lowest BCUT2D eigenvalue weighted by atomic mass is 9.93. The molecule has 140 valence electrons. The first-order chi connectivity index (χ1) is 12.8.